The van der Waals surface area contributed by atoms with Crippen LogP contribution in [0.3, 0.4) is 0 Å². The predicted octanol–water partition coefficient (Wildman–Crippen LogP) is 1.98. The van der Waals surface area contributed by atoms with Gasteiger partial charge in [-0.05, 0) is 20.9 Å². The molecule has 16 heavy (non-hydrogen) atoms. The van der Waals surface area contributed by atoms with E-state index in [1.807, 2.05) is 26.5 Å². The van der Waals surface area contributed by atoms with Gasteiger partial charge < -0.3 is 9.88 Å². The molecule has 86 valence electrons. The van der Waals surface area contributed by atoms with Gasteiger partial charge in [0, 0.05) is 17.6 Å². The van der Waals surface area contributed by atoms with Crippen molar-refractivity contribution in [1.29, 1.82) is 0 Å². The summed E-state index contributed by atoms with van der Waals surface area (Å²) in [5.74, 6) is 0. The first kappa shape index (κ1) is 11.3. The largest absolute Gasteiger partial charge is 0.333 e. The van der Waals surface area contributed by atoms with Gasteiger partial charge in [-0.15, -0.1) is 11.3 Å². The Kier molecular flexibility index (Phi) is 3.36. The molecule has 2 aromatic rings. The fourth-order valence-electron chi connectivity index (χ4n) is 1.74. The van der Waals surface area contributed by atoms with Crippen LogP contribution in [0, 0.1) is 6.92 Å². The van der Waals surface area contributed by atoms with Gasteiger partial charge in [0.2, 0.25) is 0 Å². The molecular weight excluding hydrogens is 220 g/mol. The maximum atomic E-state index is 4.53. The normalized spacial score (nSPS) is 12.9. The second-order valence-electron chi connectivity index (χ2n) is 3.65. The molecule has 2 heterocycles. The summed E-state index contributed by atoms with van der Waals surface area (Å²) in [6.45, 7) is 5.06. The minimum absolute atomic E-state index is 0.140. The second kappa shape index (κ2) is 4.76. The smallest absolute Gasteiger partial charge is 0.116 e. The Bertz CT molecular complexity index is 460. The molecule has 0 aliphatic carbocycles. The molecule has 2 rings (SSSR count). The van der Waals surface area contributed by atoms with E-state index < -0.39 is 0 Å². The van der Waals surface area contributed by atoms with E-state index in [2.05, 4.69) is 32.2 Å². The van der Waals surface area contributed by atoms with E-state index in [9.17, 15) is 0 Å². The number of nitrogens with zero attached hydrogens (tertiary/aromatic N) is 3. The molecule has 0 aromatic carbocycles. The van der Waals surface area contributed by atoms with Crippen LogP contribution in [0.15, 0.2) is 17.9 Å². The van der Waals surface area contributed by atoms with Crippen molar-refractivity contribution in [2.24, 2.45) is 0 Å². The Balaban J connectivity index is 2.36. The minimum Gasteiger partial charge on any atom is -0.333 e. The zero-order valence-electron chi connectivity index (χ0n) is 9.77. The highest BCUT2D eigenvalue weighted by molar-refractivity contribution is 7.09. The van der Waals surface area contributed by atoms with Crippen LogP contribution in [-0.4, -0.2) is 21.6 Å². The van der Waals surface area contributed by atoms with Gasteiger partial charge in [-0.1, -0.05) is 0 Å². The van der Waals surface area contributed by atoms with Crippen LogP contribution in [0.1, 0.15) is 29.4 Å². The first-order chi connectivity index (χ1) is 7.76. The summed E-state index contributed by atoms with van der Waals surface area (Å²) >= 11 is 1.68. The van der Waals surface area contributed by atoms with Crippen molar-refractivity contribution in [1.82, 2.24) is 19.9 Å². The number of hydrogen-bond donors (Lipinski definition) is 1. The third-order valence-corrected chi connectivity index (χ3v) is 3.58. The second-order valence-corrected chi connectivity index (χ2v) is 4.54. The summed E-state index contributed by atoms with van der Waals surface area (Å²) in [5.41, 5.74) is 2.24. The average molecular weight is 236 g/mol. The van der Waals surface area contributed by atoms with Gasteiger partial charge in [-0.25, -0.2) is 9.97 Å². The number of imidazole rings is 1. The Morgan fingerprint density at radius 1 is 1.56 bits per heavy atom. The van der Waals surface area contributed by atoms with Crippen LogP contribution in [0.2, 0.25) is 0 Å². The van der Waals surface area contributed by atoms with Crippen molar-refractivity contribution in [3.8, 4) is 0 Å². The molecule has 4 nitrogen and oxygen atoms in total. The molecule has 1 atom stereocenters. The number of thiazole rings is 1. The highest BCUT2D eigenvalue weighted by atomic mass is 32.1. The van der Waals surface area contributed by atoms with Crippen molar-refractivity contribution < 1.29 is 0 Å². The van der Waals surface area contributed by atoms with Gasteiger partial charge in [0.1, 0.15) is 11.0 Å². The molecule has 0 amide bonds. The molecule has 0 fully saturated rings. The monoisotopic (exact) mass is 236 g/mol. The van der Waals surface area contributed by atoms with Crippen LogP contribution >= 0.6 is 11.3 Å². The lowest BCUT2D eigenvalue weighted by atomic mass is 10.2. The quantitative estimate of drug-likeness (QED) is 0.882. The molecule has 2 aromatic heterocycles. The lowest BCUT2D eigenvalue weighted by Crippen LogP contribution is -2.20. The molecule has 0 saturated heterocycles. The molecule has 1 unspecified atom stereocenters. The number of rotatable bonds is 4. The Morgan fingerprint density at radius 3 is 2.94 bits per heavy atom. The third kappa shape index (κ3) is 2.01. The summed E-state index contributed by atoms with van der Waals surface area (Å²) in [5, 5.41) is 6.46. The summed E-state index contributed by atoms with van der Waals surface area (Å²) in [6, 6.07) is 0.140. The fraction of sp³-hybridized carbons (Fsp3) is 0.455. The van der Waals surface area contributed by atoms with Crippen LogP contribution in [-0.2, 0) is 6.54 Å². The van der Waals surface area contributed by atoms with Gasteiger partial charge in [-0.2, -0.15) is 0 Å². The summed E-state index contributed by atoms with van der Waals surface area (Å²) in [7, 11) is 1.95. The molecule has 0 aliphatic rings. The highest BCUT2D eigenvalue weighted by Gasteiger charge is 2.18. The van der Waals surface area contributed by atoms with Gasteiger partial charge >= 0.3 is 0 Å². The maximum Gasteiger partial charge on any atom is 0.116 e. The van der Waals surface area contributed by atoms with Crippen molar-refractivity contribution in [2.45, 2.75) is 26.4 Å². The molecule has 0 aliphatic heterocycles. The molecule has 0 bridgehead atoms. The number of hydrogen-bond acceptors (Lipinski definition) is 4. The predicted molar refractivity (Wildman–Crippen MR) is 65.7 cm³/mol. The first-order valence-electron chi connectivity index (χ1n) is 5.35. The van der Waals surface area contributed by atoms with E-state index in [1.54, 1.807) is 11.3 Å². The van der Waals surface area contributed by atoms with E-state index in [4.69, 9.17) is 0 Å². The Morgan fingerprint density at radius 2 is 2.38 bits per heavy atom. The maximum absolute atomic E-state index is 4.53. The topological polar surface area (TPSA) is 42.7 Å². The molecule has 1 N–H and O–H groups in total. The minimum atomic E-state index is 0.140. The molecule has 5 heteroatoms. The SMILES string of the molecule is CCn1cncc1C(NC)c1nc(C)cs1. The zero-order chi connectivity index (χ0) is 11.5. The van der Waals surface area contributed by atoms with E-state index in [0.29, 0.717) is 0 Å². The van der Waals surface area contributed by atoms with Crippen LogP contribution in [0.5, 0.6) is 0 Å². The molecule has 0 spiro atoms. The summed E-state index contributed by atoms with van der Waals surface area (Å²) in [6.07, 6.45) is 3.77. The Hall–Kier alpha value is -1.20. The standard InChI is InChI=1S/C11H16N4S/c1-4-15-7-13-5-9(15)10(12-3)11-14-8(2)6-16-11/h5-7,10,12H,4H2,1-3H3. The third-order valence-electron chi connectivity index (χ3n) is 2.55. The lowest BCUT2D eigenvalue weighted by Gasteiger charge is -2.15. The van der Waals surface area contributed by atoms with E-state index in [-0.39, 0.29) is 6.04 Å². The van der Waals surface area contributed by atoms with Gasteiger partial charge in [0.15, 0.2) is 0 Å². The number of aryl methyl sites for hydroxylation is 2. The number of nitrogens with one attached hydrogen (secondary N) is 1. The van der Waals surface area contributed by atoms with Crippen molar-refractivity contribution in [3.63, 3.8) is 0 Å². The van der Waals surface area contributed by atoms with Gasteiger partial charge in [0.05, 0.1) is 18.2 Å². The lowest BCUT2D eigenvalue weighted by molar-refractivity contribution is 0.605. The fourth-order valence-corrected chi connectivity index (χ4v) is 2.65. The van der Waals surface area contributed by atoms with Crippen molar-refractivity contribution in [2.75, 3.05) is 7.05 Å². The zero-order valence-corrected chi connectivity index (χ0v) is 10.6. The van der Waals surface area contributed by atoms with Crippen LogP contribution in [0.25, 0.3) is 0 Å². The molecule has 0 saturated carbocycles. The summed E-state index contributed by atoms with van der Waals surface area (Å²) < 4.78 is 2.14. The van der Waals surface area contributed by atoms with Crippen molar-refractivity contribution >= 4 is 11.3 Å². The van der Waals surface area contributed by atoms with E-state index >= 15 is 0 Å². The highest BCUT2D eigenvalue weighted by Crippen LogP contribution is 2.24. The molecule has 0 radical (unpaired) electrons. The van der Waals surface area contributed by atoms with E-state index in [0.717, 1.165) is 17.2 Å². The Labute approximate surface area is 99.4 Å². The van der Waals surface area contributed by atoms with Crippen LogP contribution in [0.4, 0.5) is 0 Å². The van der Waals surface area contributed by atoms with Gasteiger partial charge in [0.25, 0.3) is 0 Å². The number of aromatic nitrogens is 3. The van der Waals surface area contributed by atoms with Crippen LogP contribution < -0.4 is 5.32 Å². The average Bonchev–Trinajstić information content (AvgIpc) is 2.89. The van der Waals surface area contributed by atoms with Crippen molar-refractivity contribution in [3.05, 3.63) is 34.3 Å². The van der Waals surface area contributed by atoms with Gasteiger partial charge in [-0.3, -0.25) is 0 Å². The first-order valence-corrected chi connectivity index (χ1v) is 6.23. The van der Waals surface area contributed by atoms with E-state index in [1.165, 1.54) is 5.69 Å². The summed E-state index contributed by atoms with van der Waals surface area (Å²) in [4.78, 5) is 8.72. The molecular formula is C11H16N4S.